The predicted molar refractivity (Wildman–Crippen MR) is 84.5 cm³/mol. The molecule has 0 unspecified atom stereocenters. The molecular weight excluding hydrogens is 280 g/mol. The fourth-order valence-electron chi connectivity index (χ4n) is 2.75. The molecule has 1 aliphatic rings. The molecule has 0 aliphatic carbocycles. The first kappa shape index (κ1) is 16.3. The summed E-state index contributed by atoms with van der Waals surface area (Å²) in [5.74, 6) is -0.278. The first-order chi connectivity index (χ1) is 10.6. The number of likely N-dealkylation sites (tertiary alicyclic amines) is 1. The Morgan fingerprint density at radius 3 is 2.73 bits per heavy atom. The van der Waals surface area contributed by atoms with Crippen molar-refractivity contribution in [1.29, 1.82) is 0 Å². The van der Waals surface area contributed by atoms with Gasteiger partial charge < -0.3 is 15.0 Å². The number of carbonyl (C=O) groups is 2. The Bertz CT molecular complexity index is 513. The normalized spacial score (nSPS) is 17.4. The Labute approximate surface area is 131 Å². The van der Waals surface area contributed by atoms with Crippen molar-refractivity contribution in [2.24, 2.45) is 0 Å². The number of nitrogens with one attached hydrogen (secondary N) is 1. The Hall–Kier alpha value is -2.04. The molecule has 1 heterocycles. The van der Waals surface area contributed by atoms with Gasteiger partial charge in [-0.2, -0.15) is 0 Å². The van der Waals surface area contributed by atoms with Gasteiger partial charge in [0.1, 0.15) is 0 Å². The minimum absolute atomic E-state index is 0.104. The molecule has 0 saturated carbocycles. The van der Waals surface area contributed by atoms with Crippen LogP contribution in [0.15, 0.2) is 24.3 Å². The van der Waals surface area contributed by atoms with E-state index in [-0.39, 0.29) is 24.5 Å². The number of urea groups is 1. The van der Waals surface area contributed by atoms with E-state index in [1.54, 1.807) is 6.92 Å². The maximum atomic E-state index is 12.3. The van der Waals surface area contributed by atoms with Gasteiger partial charge in [0.05, 0.1) is 19.1 Å². The van der Waals surface area contributed by atoms with Gasteiger partial charge in [0.2, 0.25) is 0 Å². The van der Waals surface area contributed by atoms with Crippen LogP contribution in [-0.4, -0.2) is 36.6 Å². The summed E-state index contributed by atoms with van der Waals surface area (Å²) in [5, 5.41) is 2.81. The van der Waals surface area contributed by atoms with Crippen molar-refractivity contribution in [3.05, 3.63) is 35.4 Å². The van der Waals surface area contributed by atoms with Crippen LogP contribution in [0.4, 0.5) is 4.79 Å². The molecular formula is C17H24N2O3. The SMILES string of the molecule is CCOC(=O)CCNC(=O)N1CCC[C@@H]1c1ccc(C)cc1. The summed E-state index contributed by atoms with van der Waals surface area (Å²) in [6.45, 7) is 5.26. The van der Waals surface area contributed by atoms with Gasteiger partial charge in [0.15, 0.2) is 0 Å². The average molecular weight is 304 g/mol. The largest absolute Gasteiger partial charge is 0.466 e. The fourth-order valence-corrected chi connectivity index (χ4v) is 2.75. The van der Waals surface area contributed by atoms with E-state index in [0.717, 1.165) is 19.4 Å². The van der Waals surface area contributed by atoms with Crippen molar-refractivity contribution in [1.82, 2.24) is 10.2 Å². The fraction of sp³-hybridized carbons (Fsp3) is 0.529. The molecule has 1 aliphatic heterocycles. The van der Waals surface area contributed by atoms with Gasteiger partial charge in [-0.1, -0.05) is 29.8 Å². The number of hydrogen-bond donors (Lipinski definition) is 1. The lowest BCUT2D eigenvalue weighted by Gasteiger charge is -2.25. The molecule has 1 aromatic carbocycles. The number of nitrogens with zero attached hydrogens (tertiary/aromatic N) is 1. The highest BCUT2D eigenvalue weighted by molar-refractivity contribution is 5.76. The van der Waals surface area contributed by atoms with E-state index in [4.69, 9.17) is 4.74 Å². The molecule has 2 amide bonds. The predicted octanol–water partition coefficient (Wildman–Crippen LogP) is 2.79. The van der Waals surface area contributed by atoms with E-state index < -0.39 is 0 Å². The highest BCUT2D eigenvalue weighted by atomic mass is 16.5. The van der Waals surface area contributed by atoms with Crippen LogP contribution >= 0.6 is 0 Å². The lowest BCUT2D eigenvalue weighted by molar-refractivity contribution is -0.142. The Balaban J connectivity index is 1.88. The highest BCUT2D eigenvalue weighted by Crippen LogP contribution is 2.31. The molecule has 1 fully saturated rings. The summed E-state index contributed by atoms with van der Waals surface area (Å²) in [5.41, 5.74) is 2.39. The van der Waals surface area contributed by atoms with Gasteiger partial charge in [-0.25, -0.2) is 4.79 Å². The van der Waals surface area contributed by atoms with E-state index in [2.05, 4.69) is 36.5 Å². The molecule has 22 heavy (non-hydrogen) atoms. The lowest BCUT2D eigenvalue weighted by Crippen LogP contribution is -2.40. The standard InChI is InChI=1S/C17H24N2O3/c1-3-22-16(20)10-11-18-17(21)19-12-4-5-15(19)14-8-6-13(2)7-9-14/h6-9,15H,3-5,10-12H2,1-2H3,(H,18,21)/t15-/m1/s1. The van der Waals surface area contributed by atoms with Crippen molar-refractivity contribution in [2.75, 3.05) is 19.7 Å². The van der Waals surface area contributed by atoms with Crippen LogP contribution in [0.25, 0.3) is 0 Å². The molecule has 5 nitrogen and oxygen atoms in total. The first-order valence-corrected chi connectivity index (χ1v) is 7.88. The number of benzene rings is 1. The van der Waals surface area contributed by atoms with E-state index >= 15 is 0 Å². The van der Waals surface area contributed by atoms with Crippen LogP contribution in [-0.2, 0) is 9.53 Å². The second kappa shape index (κ2) is 7.82. The third-order valence-electron chi connectivity index (χ3n) is 3.89. The van der Waals surface area contributed by atoms with Crippen molar-refractivity contribution >= 4 is 12.0 Å². The third-order valence-corrected chi connectivity index (χ3v) is 3.89. The topological polar surface area (TPSA) is 58.6 Å². The Morgan fingerprint density at radius 1 is 1.32 bits per heavy atom. The summed E-state index contributed by atoms with van der Waals surface area (Å²) in [4.78, 5) is 25.4. The van der Waals surface area contributed by atoms with Gasteiger partial charge in [-0.3, -0.25) is 4.79 Å². The van der Waals surface area contributed by atoms with Gasteiger partial charge in [-0.05, 0) is 32.3 Å². The molecule has 1 saturated heterocycles. The van der Waals surface area contributed by atoms with E-state index in [9.17, 15) is 9.59 Å². The summed E-state index contributed by atoms with van der Waals surface area (Å²) in [7, 11) is 0. The summed E-state index contributed by atoms with van der Waals surface area (Å²) in [6.07, 6.45) is 2.20. The molecule has 2 rings (SSSR count). The van der Waals surface area contributed by atoms with E-state index in [1.807, 2.05) is 4.90 Å². The minimum atomic E-state index is -0.278. The van der Waals surface area contributed by atoms with Gasteiger partial charge in [-0.15, -0.1) is 0 Å². The smallest absolute Gasteiger partial charge is 0.317 e. The second-order valence-electron chi connectivity index (χ2n) is 5.55. The number of aryl methyl sites for hydroxylation is 1. The average Bonchev–Trinajstić information content (AvgIpc) is 2.97. The molecule has 120 valence electrons. The Kier molecular flexibility index (Phi) is 5.81. The van der Waals surface area contributed by atoms with Crippen LogP contribution in [0.3, 0.4) is 0 Å². The zero-order chi connectivity index (χ0) is 15.9. The number of esters is 1. The van der Waals surface area contributed by atoms with Gasteiger partial charge in [0, 0.05) is 13.1 Å². The second-order valence-corrected chi connectivity index (χ2v) is 5.55. The lowest BCUT2D eigenvalue weighted by atomic mass is 10.0. The van der Waals surface area contributed by atoms with Crippen molar-refractivity contribution in [3.8, 4) is 0 Å². The zero-order valence-corrected chi connectivity index (χ0v) is 13.3. The van der Waals surface area contributed by atoms with E-state index in [1.165, 1.54) is 11.1 Å². The van der Waals surface area contributed by atoms with Crippen LogP contribution in [0.2, 0.25) is 0 Å². The van der Waals surface area contributed by atoms with E-state index in [0.29, 0.717) is 13.2 Å². The molecule has 1 atom stereocenters. The summed E-state index contributed by atoms with van der Waals surface area (Å²) < 4.78 is 4.85. The van der Waals surface area contributed by atoms with Crippen LogP contribution < -0.4 is 5.32 Å². The molecule has 1 aromatic rings. The monoisotopic (exact) mass is 304 g/mol. The van der Waals surface area contributed by atoms with Gasteiger partial charge >= 0.3 is 12.0 Å². The van der Waals surface area contributed by atoms with Crippen LogP contribution in [0.1, 0.15) is 43.4 Å². The number of rotatable bonds is 5. The molecule has 1 N–H and O–H groups in total. The number of hydrogen-bond acceptors (Lipinski definition) is 3. The van der Waals surface area contributed by atoms with Crippen molar-refractivity contribution in [2.45, 2.75) is 39.2 Å². The molecule has 0 bridgehead atoms. The van der Waals surface area contributed by atoms with Crippen LogP contribution in [0.5, 0.6) is 0 Å². The van der Waals surface area contributed by atoms with Crippen LogP contribution in [0, 0.1) is 6.92 Å². The molecule has 0 radical (unpaired) electrons. The highest BCUT2D eigenvalue weighted by Gasteiger charge is 2.29. The number of amides is 2. The maximum absolute atomic E-state index is 12.3. The minimum Gasteiger partial charge on any atom is -0.466 e. The Morgan fingerprint density at radius 2 is 2.05 bits per heavy atom. The number of ether oxygens (including phenoxy) is 1. The third kappa shape index (κ3) is 4.23. The maximum Gasteiger partial charge on any atom is 0.317 e. The zero-order valence-electron chi connectivity index (χ0n) is 13.3. The van der Waals surface area contributed by atoms with Crippen molar-refractivity contribution in [3.63, 3.8) is 0 Å². The first-order valence-electron chi connectivity index (χ1n) is 7.88. The summed E-state index contributed by atoms with van der Waals surface area (Å²) >= 11 is 0. The molecule has 5 heteroatoms. The quantitative estimate of drug-likeness (QED) is 0.851. The number of carbonyl (C=O) groups excluding carboxylic acids is 2. The summed E-state index contributed by atoms with van der Waals surface area (Å²) in [6, 6.07) is 8.35. The molecule has 0 spiro atoms. The van der Waals surface area contributed by atoms with Crippen molar-refractivity contribution < 1.29 is 14.3 Å². The molecule has 0 aromatic heterocycles. The van der Waals surface area contributed by atoms with Gasteiger partial charge in [0.25, 0.3) is 0 Å².